The lowest BCUT2D eigenvalue weighted by Gasteiger charge is -2.12. The summed E-state index contributed by atoms with van der Waals surface area (Å²) >= 11 is 0.646. The molecule has 2 rings (SSSR count). The molecule has 0 aliphatic carbocycles. The molecule has 1 aromatic rings. The van der Waals surface area contributed by atoms with Crippen molar-refractivity contribution in [3.63, 3.8) is 0 Å². The molecule has 1 aliphatic rings. The van der Waals surface area contributed by atoms with Crippen LogP contribution in [0.4, 0.5) is 4.79 Å². The number of carboxylic acid groups (broad SMARTS) is 1. The number of carboxylic acids is 1. The zero-order chi connectivity index (χ0) is 16.3. The van der Waals surface area contributed by atoms with Gasteiger partial charge in [-0.25, -0.2) is 0 Å². The van der Waals surface area contributed by atoms with Gasteiger partial charge in [0.25, 0.3) is 11.1 Å². The van der Waals surface area contributed by atoms with Crippen LogP contribution in [0.3, 0.4) is 0 Å². The van der Waals surface area contributed by atoms with Crippen LogP contribution >= 0.6 is 11.8 Å². The number of hydrogen-bond donors (Lipinski definition) is 1. The van der Waals surface area contributed by atoms with Crippen LogP contribution in [0.2, 0.25) is 0 Å². The Balaban J connectivity index is 2.26. The second-order valence-electron chi connectivity index (χ2n) is 4.30. The van der Waals surface area contributed by atoms with E-state index in [2.05, 4.69) is 0 Å². The first-order valence-electron chi connectivity index (χ1n) is 6.33. The van der Waals surface area contributed by atoms with Gasteiger partial charge in [0.05, 0.1) is 24.0 Å². The van der Waals surface area contributed by atoms with Gasteiger partial charge in [-0.1, -0.05) is 6.07 Å². The Labute approximate surface area is 130 Å². The number of rotatable bonds is 5. The third kappa shape index (κ3) is 3.40. The van der Waals surface area contributed by atoms with E-state index >= 15 is 0 Å². The maximum Gasteiger partial charge on any atom is 0.293 e. The number of thioether (sulfide) groups is 1. The molecule has 0 atom stereocenters. The van der Waals surface area contributed by atoms with E-state index < -0.39 is 23.7 Å². The van der Waals surface area contributed by atoms with Crippen molar-refractivity contribution in [3.05, 3.63) is 28.7 Å². The van der Waals surface area contributed by atoms with Crippen LogP contribution in [0.25, 0.3) is 6.08 Å². The molecule has 1 saturated heterocycles. The number of phenols is 1. The lowest BCUT2D eigenvalue weighted by molar-refractivity contribution is -0.305. The molecular weight excluding hydrogens is 310 g/mol. The fourth-order valence-electron chi connectivity index (χ4n) is 1.81. The second kappa shape index (κ2) is 6.52. The van der Waals surface area contributed by atoms with Gasteiger partial charge in [-0.05, 0) is 42.5 Å². The van der Waals surface area contributed by atoms with Crippen LogP contribution in [0.5, 0.6) is 11.5 Å². The van der Waals surface area contributed by atoms with E-state index in [1.807, 2.05) is 0 Å². The van der Waals surface area contributed by atoms with Crippen molar-refractivity contribution in [3.8, 4) is 11.5 Å². The first-order chi connectivity index (χ1) is 10.4. The molecule has 7 nitrogen and oxygen atoms in total. The van der Waals surface area contributed by atoms with Gasteiger partial charge in [0, 0.05) is 0 Å². The first kappa shape index (κ1) is 15.9. The molecule has 1 N–H and O–H groups in total. The molecule has 1 aliphatic heterocycles. The zero-order valence-corrected chi connectivity index (χ0v) is 12.4. The van der Waals surface area contributed by atoms with Crippen LogP contribution in [0.1, 0.15) is 12.5 Å². The topological polar surface area (TPSA) is 107 Å². The molecule has 1 fully saturated rings. The predicted octanol–water partition coefficient (Wildman–Crippen LogP) is 0.577. The summed E-state index contributed by atoms with van der Waals surface area (Å²) in [5, 5.41) is 19.5. The van der Waals surface area contributed by atoms with Crippen molar-refractivity contribution in [2.45, 2.75) is 6.92 Å². The third-order valence-electron chi connectivity index (χ3n) is 2.74. The summed E-state index contributed by atoms with van der Waals surface area (Å²) in [4.78, 5) is 34.8. The molecule has 1 aromatic carbocycles. The molecule has 8 heteroatoms. The van der Waals surface area contributed by atoms with Gasteiger partial charge in [0.15, 0.2) is 11.5 Å². The number of amides is 2. The maximum atomic E-state index is 12.0. The lowest BCUT2D eigenvalue weighted by Crippen LogP contribution is -2.40. The van der Waals surface area contributed by atoms with Crippen molar-refractivity contribution in [2.75, 3.05) is 13.2 Å². The van der Waals surface area contributed by atoms with Crippen molar-refractivity contribution < 1.29 is 29.3 Å². The van der Waals surface area contributed by atoms with Gasteiger partial charge in [0.2, 0.25) is 0 Å². The highest BCUT2D eigenvalue weighted by molar-refractivity contribution is 8.18. The highest BCUT2D eigenvalue weighted by Gasteiger charge is 2.34. The molecule has 116 valence electrons. The van der Waals surface area contributed by atoms with E-state index in [0.717, 1.165) is 0 Å². The van der Waals surface area contributed by atoms with Crippen molar-refractivity contribution >= 4 is 35.0 Å². The number of aliphatic carboxylic acids is 1. The molecule has 0 spiro atoms. The van der Waals surface area contributed by atoms with Gasteiger partial charge >= 0.3 is 0 Å². The Morgan fingerprint density at radius 1 is 1.45 bits per heavy atom. The summed E-state index contributed by atoms with van der Waals surface area (Å²) in [5.74, 6) is -1.98. The SMILES string of the molecule is CCOc1cc(/C=C2\SC(=O)N(CC(=O)[O-])C2=O)ccc1O. The molecule has 0 saturated carbocycles. The standard InChI is InChI=1S/C14H13NO6S/c1-2-21-10-5-8(3-4-9(10)16)6-11-13(19)15(7-12(17)18)14(20)22-11/h3-6,16H,2,7H2,1H3,(H,17,18)/p-1/b11-6-. The Bertz CT molecular complexity index is 669. The summed E-state index contributed by atoms with van der Waals surface area (Å²) in [6, 6.07) is 4.47. The number of nitrogens with zero attached hydrogens (tertiary/aromatic N) is 1. The monoisotopic (exact) mass is 322 g/mol. The average Bonchev–Trinajstić information content (AvgIpc) is 2.70. The van der Waals surface area contributed by atoms with Gasteiger partial charge in [-0.3, -0.25) is 14.5 Å². The number of phenolic OH excluding ortho intramolecular Hbond substituents is 1. The normalized spacial score (nSPS) is 16.4. The largest absolute Gasteiger partial charge is 0.548 e. The molecule has 0 unspecified atom stereocenters. The number of carbonyl (C=O) groups excluding carboxylic acids is 3. The molecule has 0 aromatic heterocycles. The Morgan fingerprint density at radius 3 is 2.82 bits per heavy atom. The van der Waals surface area contributed by atoms with E-state index in [0.29, 0.717) is 28.8 Å². The second-order valence-corrected chi connectivity index (χ2v) is 5.29. The average molecular weight is 322 g/mol. The summed E-state index contributed by atoms with van der Waals surface area (Å²) in [6.07, 6.45) is 1.43. The van der Waals surface area contributed by atoms with Crippen molar-refractivity contribution in [1.29, 1.82) is 0 Å². The van der Waals surface area contributed by atoms with Crippen LogP contribution in [0, 0.1) is 0 Å². The number of ether oxygens (including phenoxy) is 1. The number of benzene rings is 1. The highest BCUT2D eigenvalue weighted by Crippen LogP contribution is 2.34. The van der Waals surface area contributed by atoms with E-state index in [9.17, 15) is 24.6 Å². The number of aromatic hydroxyl groups is 1. The minimum absolute atomic E-state index is 0.0379. The summed E-state index contributed by atoms with van der Waals surface area (Å²) in [5.41, 5.74) is 0.542. The van der Waals surface area contributed by atoms with E-state index in [4.69, 9.17) is 4.74 Å². The first-order valence-corrected chi connectivity index (χ1v) is 7.15. The fourth-order valence-corrected chi connectivity index (χ4v) is 2.65. The minimum atomic E-state index is -1.51. The fraction of sp³-hybridized carbons (Fsp3) is 0.214. The van der Waals surface area contributed by atoms with E-state index in [1.54, 1.807) is 13.0 Å². The Morgan fingerprint density at radius 2 is 2.18 bits per heavy atom. The number of imide groups is 1. The third-order valence-corrected chi connectivity index (χ3v) is 3.65. The van der Waals surface area contributed by atoms with Crippen LogP contribution in [0.15, 0.2) is 23.1 Å². The summed E-state index contributed by atoms with van der Waals surface area (Å²) in [7, 11) is 0. The van der Waals surface area contributed by atoms with Gasteiger partial charge in [-0.15, -0.1) is 0 Å². The smallest absolute Gasteiger partial charge is 0.293 e. The van der Waals surface area contributed by atoms with Crippen molar-refractivity contribution in [1.82, 2.24) is 4.90 Å². The molecule has 0 bridgehead atoms. The van der Waals surface area contributed by atoms with Crippen molar-refractivity contribution in [2.24, 2.45) is 0 Å². The van der Waals surface area contributed by atoms with Gasteiger partial charge in [0.1, 0.15) is 0 Å². The lowest BCUT2D eigenvalue weighted by atomic mass is 10.2. The zero-order valence-electron chi connectivity index (χ0n) is 11.6. The number of hydrogen-bond acceptors (Lipinski definition) is 7. The van der Waals surface area contributed by atoms with Crippen LogP contribution < -0.4 is 9.84 Å². The molecule has 1 heterocycles. The Hall–Kier alpha value is -2.48. The van der Waals surface area contributed by atoms with Crippen LogP contribution in [-0.4, -0.2) is 40.3 Å². The Kier molecular flexibility index (Phi) is 4.71. The molecule has 22 heavy (non-hydrogen) atoms. The molecule has 0 radical (unpaired) electrons. The minimum Gasteiger partial charge on any atom is -0.548 e. The predicted molar refractivity (Wildman–Crippen MR) is 77.0 cm³/mol. The van der Waals surface area contributed by atoms with E-state index in [1.165, 1.54) is 18.2 Å². The molecule has 2 amide bonds. The summed E-state index contributed by atoms with van der Waals surface area (Å²) in [6.45, 7) is 1.35. The quantitative estimate of drug-likeness (QED) is 0.790. The summed E-state index contributed by atoms with van der Waals surface area (Å²) < 4.78 is 5.23. The highest BCUT2D eigenvalue weighted by atomic mass is 32.2. The maximum absolute atomic E-state index is 12.0. The molecular formula is C14H12NO6S-. The van der Waals surface area contributed by atoms with Gasteiger partial charge in [-0.2, -0.15) is 0 Å². The van der Waals surface area contributed by atoms with Crippen LogP contribution in [-0.2, 0) is 9.59 Å². The number of carbonyl (C=O) groups is 3. The van der Waals surface area contributed by atoms with Gasteiger partial charge < -0.3 is 19.7 Å². The van der Waals surface area contributed by atoms with E-state index in [-0.39, 0.29) is 16.4 Å².